The van der Waals surface area contributed by atoms with Crippen LogP contribution in [0, 0.1) is 6.07 Å². The Labute approximate surface area is 103 Å². The second-order valence-corrected chi connectivity index (χ2v) is 6.35. The summed E-state index contributed by atoms with van der Waals surface area (Å²) in [6.07, 6.45) is 0. The van der Waals surface area contributed by atoms with E-state index in [4.69, 9.17) is 9.11 Å². The lowest BCUT2D eigenvalue weighted by Crippen LogP contribution is -1.99. The first-order valence-corrected chi connectivity index (χ1v) is 7.46. The molecule has 0 aliphatic heterocycles. The zero-order chi connectivity index (χ0) is 13.6. The Morgan fingerprint density at radius 3 is 2.11 bits per heavy atom. The van der Waals surface area contributed by atoms with Crippen molar-refractivity contribution in [2.45, 2.75) is 9.79 Å². The second kappa shape index (κ2) is 4.02. The van der Waals surface area contributed by atoms with Gasteiger partial charge in [-0.1, -0.05) is 6.07 Å². The van der Waals surface area contributed by atoms with Gasteiger partial charge in [0.15, 0.2) is 0 Å². The number of benzene rings is 2. The van der Waals surface area contributed by atoms with Crippen molar-refractivity contribution in [1.29, 1.82) is 0 Å². The molecule has 2 aromatic carbocycles. The molecule has 0 unspecified atom stereocenters. The highest BCUT2D eigenvalue weighted by atomic mass is 32.2. The number of rotatable bonds is 2. The molecule has 0 aliphatic rings. The monoisotopic (exact) mass is 287 g/mol. The molecule has 0 saturated heterocycles. The lowest BCUT2D eigenvalue weighted by atomic mass is 10.1. The first-order valence-electron chi connectivity index (χ1n) is 4.58. The highest BCUT2D eigenvalue weighted by molar-refractivity contribution is 7.86. The fourth-order valence-electron chi connectivity index (χ4n) is 1.45. The van der Waals surface area contributed by atoms with Crippen LogP contribution in [0.3, 0.4) is 0 Å². The molecular formula is C10H7O6S2. The number of hydrogen-bond donors (Lipinski definition) is 2. The van der Waals surface area contributed by atoms with Gasteiger partial charge in [-0.3, -0.25) is 9.11 Å². The third-order valence-electron chi connectivity index (χ3n) is 2.29. The van der Waals surface area contributed by atoms with Crippen LogP contribution in [-0.2, 0) is 20.2 Å². The molecule has 2 aromatic rings. The Morgan fingerprint density at radius 1 is 0.889 bits per heavy atom. The van der Waals surface area contributed by atoms with Gasteiger partial charge >= 0.3 is 0 Å². The summed E-state index contributed by atoms with van der Waals surface area (Å²) in [7, 11) is -8.67. The molecule has 0 aliphatic carbocycles. The summed E-state index contributed by atoms with van der Waals surface area (Å²) in [5.41, 5.74) is 0. The van der Waals surface area contributed by atoms with Crippen molar-refractivity contribution in [1.82, 2.24) is 0 Å². The normalized spacial score (nSPS) is 12.8. The van der Waals surface area contributed by atoms with E-state index >= 15 is 0 Å². The van der Waals surface area contributed by atoms with Crippen LogP contribution in [0.5, 0.6) is 0 Å². The number of hydrogen-bond acceptors (Lipinski definition) is 4. The summed E-state index contributed by atoms with van der Waals surface area (Å²) < 4.78 is 61.3. The van der Waals surface area contributed by atoms with Gasteiger partial charge in [0.2, 0.25) is 0 Å². The average molecular weight is 287 g/mol. The van der Waals surface area contributed by atoms with Gasteiger partial charge in [0.25, 0.3) is 20.2 Å². The van der Waals surface area contributed by atoms with Crippen LogP contribution in [0.25, 0.3) is 10.8 Å². The molecular weight excluding hydrogens is 280 g/mol. The van der Waals surface area contributed by atoms with E-state index in [0.717, 1.165) is 12.1 Å². The Kier molecular flexibility index (Phi) is 2.90. The maximum absolute atomic E-state index is 10.9. The largest absolute Gasteiger partial charge is 0.295 e. The molecule has 0 aromatic heterocycles. The fraction of sp³-hybridized carbons (Fsp3) is 0. The van der Waals surface area contributed by atoms with E-state index in [0.29, 0.717) is 10.8 Å². The quantitative estimate of drug-likeness (QED) is 0.801. The van der Waals surface area contributed by atoms with Crippen molar-refractivity contribution >= 4 is 31.0 Å². The van der Waals surface area contributed by atoms with Crippen LogP contribution in [-0.4, -0.2) is 25.9 Å². The molecule has 95 valence electrons. The first kappa shape index (κ1) is 13.0. The van der Waals surface area contributed by atoms with Crippen LogP contribution in [0.15, 0.2) is 40.1 Å². The van der Waals surface area contributed by atoms with Crippen molar-refractivity contribution in [3.8, 4) is 0 Å². The van der Waals surface area contributed by atoms with Crippen LogP contribution < -0.4 is 0 Å². The Hall–Kier alpha value is -1.48. The van der Waals surface area contributed by atoms with Crippen LogP contribution in [0.2, 0.25) is 0 Å². The Morgan fingerprint density at radius 2 is 1.56 bits per heavy atom. The SMILES string of the molecule is O=S(=O)(O)c1[c]cc2cc(S(=O)(=O)O)ccc2c1. The van der Waals surface area contributed by atoms with Gasteiger partial charge in [-0.15, -0.1) is 0 Å². The van der Waals surface area contributed by atoms with Gasteiger partial charge in [-0.2, -0.15) is 16.8 Å². The van der Waals surface area contributed by atoms with E-state index in [2.05, 4.69) is 6.07 Å². The highest BCUT2D eigenvalue weighted by Crippen LogP contribution is 2.21. The van der Waals surface area contributed by atoms with E-state index in [1.165, 1.54) is 18.2 Å². The zero-order valence-corrected chi connectivity index (χ0v) is 10.4. The van der Waals surface area contributed by atoms with Crippen molar-refractivity contribution < 1.29 is 25.9 Å². The number of fused-ring (bicyclic) bond motifs is 1. The van der Waals surface area contributed by atoms with E-state index in [-0.39, 0.29) is 4.90 Å². The molecule has 0 bridgehead atoms. The summed E-state index contributed by atoms with van der Waals surface area (Å²) in [6.45, 7) is 0. The Balaban J connectivity index is 2.70. The van der Waals surface area contributed by atoms with Gasteiger partial charge in [0.1, 0.15) is 4.90 Å². The minimum atomic E-state index is -4.36. The lowest BCUT2D eigenvalue weighted by Gasteiger charge is -2.02. The average Bonchev–Trinajstić information content (AvgIpc) is 2.25. The molecule has 0 saturated carbocycles. The van der Waals surface area contributed by atoms with Gasteiger partial charge in [0.05, 0.1) is 4.90 Å². The van der Waals surface area contributed by atoms with Crippen molar-refractivity contribution in [2.75, 3.05) is 0 Å². The van der Waals surface area contributed by atoms with Crippen LogP contribution in [0.4, 0.5) is 0 Å². The molecule has 6 nitrogen and oxygen atoms in total. The summed E-state index contributed by atoms with van der Waals surface area (Å²) >= 11 is 0. The van der Waals surface area contributed by atoms with E-state index in [9.17, 15) is 16.8 Å². The molecule has 8 heteroatoms. The molecule has 0 atom stereocenters. The standard InChI is InChI=1S/C10H7O6S2/c11-17(12,13)9-3-1-7-5-10(18(14,15)16)4-2-8(7)6-9/h1-3,5-6H,(H,11,12,13)(H,14,15,16). The molecule has 0 amide bonds. The third kappa shape index (κ3) is 2.51. The summed E-state index contributed by atoms with van der Waals surface area (Å²) in [6, 6.07) is 8.31. The smallest absolute Gasteiger partial charge is 0.282 e. The van der Waals surface area contributed by atoms with Crippen molar-refractivity contribution in [2.24, 2.45) is 0 Å². The molecule has 18 heavy (non-hydrogen) atoms. The highest BCUT2D eigenvalue weighted by Gasteiger charge is 2.13. The van der Waals surface area contributed by atoms with Crippen LogP contribution >= 0.6 is 0 Å². The molecule has 2 N–H and O–H groups in total. The third-order valence-corrected chi connectivity index (χ3v) is 3.93. The lowest BCUT2D eigenvalue weighted by molar-refractivity contribution is 0.480. The minimum absolute atomic E-state index is 0.303. The van der Waals surface area contributed by atoms with E-state index in [1.54, 1.807) is 0 Å². The fourth-order valence-corrected chi connectivity index (χ4v) is 2.45. The van der Waals surface area contributed by atoms with Gasteiger partial charge in [-0.25, -0.2) is 0 Å². The predicted molar refractivity (Wildman–Crippen MR) is 62.4 cm³/mol. The van der Waals surface area contributed by atoms with Gasteiger partial charge < -0.3 is 0 Å². The molecule has 0 fully saturated rings. The van der Waals surface area contributed by atoms with Gasteiger partial charge in [-0.05, 0) is 35.0 Å². The maximum atomic E-state index is 10.9. The Bertz CT molecular complexity index is 749. The van der Waals surface area contributed by atoms with Crippen molar-refractivity contribution in [3.63, 3.8) is 0 Å². The summed E-state index contributed by atoms with van der Waals surface area (Å²) in [5.74, 6) is 0. The van der Waals surface area contributed by atoms with E-state index < -0.39 is 25.1 Å². The summed E-state index contributed by atoms with van der Waals surface area (Å²) in [4.78, 5) is -0.711. The van der Waals surface area contributed by atoms with Crippen LogP contribution in [0.1, 0.15) is 0 Å². The summed E-state index contributed by atoms with van der Waals surface area (Å²) in [5, 5.41) is 0.770. The topological polar surface area (TPSA) is 109 Å². The molecule has 0 spiro atoms. The molecule has 2 rings (SSSR count). The minimum Gasteiger partial charge on any atom is -0.282 e. The maximum Gasteiger partial charge on any atom is 0.295 e. The predicted octanol–water partition coefficient (Wildman–Crippen LogP) is 1.13. The van der Waals surface area contributed by atoms with E-state index in [1.807, 2.05) is 0 Å². The molecule has 1 radical (unpaired) electrons. The first-order chi connectivity index (χ1) is 8.18. The van der Waals surface area contributed by atoms with Crippen molar-refractivity contribution in [3.05, 3.63) is 36.4 Å². The second-order valence-electron chi connectivity index (χ2n) is 3.54. The zero-order valence-electron chi connectivity index (χ0n) is 8.73. The van der Waals surface area contributed by atoms with Gasteiger partial charge in [0, 0.05) is 6.07 Å². The molecule has 0 heterocycles.